The van der Waals surface area contributed by atoms with Crippen LogP contribution in [0.1, 0.15) is 43.5 Å². The number of aromatic nitrogens is 2. The van der Waals surface area contributed by atoms with Crippen LogP contribution in [0, 0.1) is 19.8 Å². The highest BCUT2D eigenvalue weighted by molar-refractivity contribution is 5.85. The van der Waals surface area contributed by atoms with Crippen molar-refractivity contribution in [1.29, 1.82) is 0 Å². The summed E-state index contributed by atoms with van der Waals surface area (Å²) >= 11 is 0. The van der Waals surface area contributed by atoms with Crippen LogP contribution in [0.5, 0.6) is 0 Å². The molecule has 2 atom stereocenters. The molecule has 21 heavy (non-hydrogen) atoms. The molecule has 2 fully saturated rings. The highest BCUT2D eigenvalue weighted by atomic mass is 15.1. The fourth-order valence-electron chi connectivity index (χ4n) is 3.65. The number of rotatable bonds is 0. The number of fused-ring (bicyclic) bond motifs is 2. The molecule has 112 valence electrons. The summed E-state index contributed by atoms with van der Waals surface area (Å²) in [5.74, 6) is 1.05. The summed E-state index contributed by atoms with van der Waals surface area (Å²) in [4.78, 5) is 0. The van der Waals surface area contributed by atoms with E-state index in [9.17, 15) is 0 Å². The van der Waals surface area contributed by atoms with Gasteiger partial charge in [0, 0.05) is 16.8 Å². The Hall–Kier alpha value is -1.48. The lowest BCUT2D eigenvalue weighted by Crippen LogP contribution is -2.29. The quantitative estimate of drug-likeness (QED) is 0.799. The van der Waals surface area contributed by atoms with E-state index in [4.69, 9.17) is 0 Å². The van der Waals surface area contributed by atoms with Crippen LogP contribution >= 0.6 is 0 Å². The summed E-state index contributed by atoms with van der Waals surface area (Å²) in [6.45, 7) is 5.25. The first kappa shape index (κ1) is 14.5. The number of hydrogen-bond donors (Lipinski definition) is 1. The molecule has 3 heteroatoms. The van der Waals surface area contributed by atoms with E-state index < -0.39 is 0 Å². The normalized spacial score (nSPS) is 24.3. The number of nitrogens with one attached hydrogen (secondary N) is 1. The highest BCUT2D eigenvalue weighted by Gasteiger charge is 2.28. The third-order valence-corrected chi connectivity index (χ3v) is 4.89. The van der Waals surface area contributed by atoms with Gasteiger partial charge < -0.3 is 5.32 Å². The summed E-state index contributed by atoms with van der Waals surface area (Å²) in [5, 5.41) is 14.1. The van der Waals surface area contributed by atoms with Crippen molar-refractivity contribution in [3.63, 3.8) is 0 Å². The number of benzene rings is 1. The minimum absolute atomic E-state index is 0.916. The van der Waals surface area contributed by atoms with E-state index >= 15 is 0 Å². The molecule has 1 aromatic carbocycles. The molecule has 1 saturated heterocycles. The summed E-state index contributed by atoms with van der Waals surface area (Å²) in [6.07, 6.45) is 7.35. The highest BCUT2D eigenvalue weighted by Crippen LogP contribution is 2.29. The molecule has 0 bridgehead atoms. The third-order valence-electron chi connectivity index (χ3n) is 4.89. The van der Waals surface area contributed by atoms with E-state index in [1.54, 1.807) is 0 Å². The molecule has 2 heterocycles. The van der Waals surface area contributed by atoms with Crippen LogP contribution in [0.15, 0.2) is 24.3 Å². The van der Waals surface area contributed by atoms with Gasteiger partial charge in [-0.25, -0.2) is 0 Å². The number of nitrogens with zero attached hydrogens (tertiary/aromatic N) is 2. The van der Waals surface area contributed by atoms with Crippen molar-refractivity contribution in [1.82, 2.24) is 15.5 Å². The molecule has 4 rings (SSSR count). The Balaban J connectivity index is 0.000000131. The van der Waals surface area contributed by atoms with E-state index in [1.807, 2.05) is 26.0 Å². The van der Waals surface area contributed by atoms with Crippen LogP contribution in [-0.4, -0.2) is 22.8 Å². The average molecular weight is 283 g/mol. The van der Waals surface area contributed by atoms with E-state index in [0.29, 0.717) is 0 Å². The molecule has 0 amide bonds. The van der Waals surface area contributed by atoms with Gasteiger partial charge in [0.15, 0.2) is 0 Å². The van der Waals surface area contributed by atoms with Crippen LogP contribution < -0.4 is 5.32 Å². The van der Waals surface area contributed by atoms with Gasteiger partial charge in [-0.15, -0.1) is 0 Å². The number of aryl methyl sites for hydroxylation is 2. The topological polar surface area (TPSA) is 37.8 Å². The second kappa shape index (κ2) is 6.52. The van der Waals surface area contributed by atoms with Crippen molar-refractivity contribution in [2.45, 2.75) is 52.0 Å². The van der Waals surface area contributed by atoms with Crippen LogP contribution in [0.3, 0.4) is 0 Å². The van der Waals surface area contributed by atoms with Crippen LogP contribution in [-0.2, 0) is 0 Å². The molecule has 0 spiro atoms. The van der Waals surface area contributed by atoms with Gasteiger partial charge >= 0.3 is 0 Å². The Labute approximate surface area is 127 Å². The second-order valence-electron chi connectivity index (χ2n) is 6.31. The predicted molar refractivity (Wildman–Crippen MR) is 87.4 cm³/mol. The minimum atomic E-state index is 0.916. The molecule has 3 nitrogen and oxygen atoms in total. The van der Waals surface area contributed by atoms with Crippen molar-refractivity contribution >= 4 is 10.8 Å². The van der Waals surface area contributed by atoms with Crippen LogP contribution in [0.2, 0.25) is 0 Å². The van der Waals surface area contributed by atoms with Crippen molar-refractivity contribution in [3.8, 4) is 0 Å². The van der Waals surface area contributed by atoms with E-state index in [0.717, 1.165) is 23.3 Å². The average Bonchev–Trinajstić information content (AvgIpc) is 3.01. The van der Waals surface area contributed by atoms with Gasteiger partial charge in [0.25, 0.3) is 0 Å². The zero-order chi connectivity index (χ0) is 14.7. The van der Waals surface area contributed by atoms with Crippen LogP contribution in [0.4, 0.5) is 0 Å². The van der Waals surface area contributed by atoms with Crippen molar-refractivity contribution in [3.05, 3.63) is 35.7 Å². The minimum Gasteiger partial charge on any atom is -0.314 e. The van der Waals surface area contributed by atoms with Crippen molar-refractivity contribution in [2.75, 3.05) is 6.54 Å². The Kier molecular flexibility index (Phi) is 4.49. The summed E-state index contributed by atoms with van der Waals surface area (Å²) in [7, 11) is 0. The lowest BCUT2D eigenvalue weighted by molar-refractivity contribution is 0.326. The molecular formula is C18H25N3. The molecule has 0 radical (unpaired) electrons. The lowest BCUT2D eigenvalue weighted by atomic mass is 9.86. The fraction of sp³-hybridized carbons (Fsp3) is 0.556. The molecule has 1 saturated carbocycles. The first-order valence-electron chi connectivity index (χ1n) is 8.17. The largest absolute Gasteiger partial charge is 0.314 e. The monoisotopic (exact) mass is 283 g/mol. The van der Waals surface area contributed by atoms with E-state index in [-0.39, 0.29) is 0 Å². The Bertz CT molecular complexity index is 556. The smallest absolute Gasteiger partial charge is 0.0678 e. The lowest BCUT2D eigenvalue weighted by Gasteiger charge is -2.24. The van der Waals surface area contributed by atoms with Gasteiger partial charge in [-0.05, 0) is 45.6 Å². The van der Waals surface area contributed by atoms with Crippen molar-refractivity contribution in [2.24, 2.45) is 5.92 Å². The third kappa shape index (κ3) is 3.24. The maximum absolute atomic E-state index is 4.06. The standard InChI is InChI=1S/C10H10N2.C8H15N/c1-7-9-5-3-4-6-10(9)8(2)12-11-7;1-2-4-8-7(3-1)5-6-9-8/h3-6H,1-2H3;7-9H,1-6H2. The van der Waals surface area contributed by atoms with E-state index in [2.05, 4.69) is 27.6 Å². The maximum Gasteiger partial charge on any atom is 0.0678 e. The van der Waals surface area contributed by atoms with E-state index in [1.165, 1.54) is 49.4 Å². The Morgan fingerprint density at radius 1 is 0.905 bits per heavy atom. The molecule has 1 aromatic heterocycles. The zero-order valence-electron chi connectivity index (χ0n) is 13.1. The number of hydrogen-bond acceptors (Lipinski definition) is 3. The predicted octanol–water partition coefficient (Wildman–Crippen LogP) is 3.79. The molecule has 2 aromatic rings. The van der Waals surface area contributed by atoms with Gasteiger partial charge in [-0.1, -0.05) is 37.1 Å². The molecule has 2 unspecified atom stereocenters. The second-order valence-corrected chi connectivity index (χ2v) is 6.31. The Morgan fingerprint density at radius 2 is 1.52 bits per heavy atom. The van der Waals surface area contributed by atoms with Gasteiger partial charge in [0.1, 0.15) is 0 Å². The zero-order valence-corrected chi connectivity index (χ0v) is 13.1. The van der Waals surface area contributed by atoms with Gasteiger partial charge in [0.05, 0.1) is 11.4 Å². The Morgan fingerprint density at radius 3 is 2.14 bits per heavy atom. The van der Waals surface area contributed by atoms with Crippen LogP contribution in [0.25, 0.3) is 10.8 Å². The van der Waals surface area contributed by atoms with Gasteiger partial charge in [-0.2, -0.15) is 10.2 Å². The summed E-state index contributed by atoms with van der Waals surface area (Å²) in [5.41, 5.74) is 1.99. The first-order valence-corrected chi connectivity index (χ1v) is 8.17. The molecule has 1 aliphatic heterocycles. The SMILES string of the molecule is C1CCC2NCCC2C1.Cc1nnc(C)c2ccccc12. The maximum atomic E-state index is 4.06. The first-order chi connectivity index (χ1) is 10.3. The van der Waals surface area contributed by atoms with Gasteiger partial charge in [-0.3, -0.25) is 0 Å². The molecular weight excluding hydrogens is 258 g/mol. The molecule has 1 aliphatic carbocycles. The molecule has 2 aliphatic rings. The van der Waals surface area contributed by atoms with Gasteiger partial charge in [0.2, 0.25) is 0 Å². The summed E-state index contributed by atoms with van der Waals surface area (Å²) < 4.78 is 0. The molecule has 1 N–H and O–H groups in total. The van der Waals surface area contributed by atoms with Crippen molar-refractivity contribution < 1.29 is 0 Å². The summed E-state index contributed by atoms with van der Waals surface area (Å²) in [6, 6.07) is 9.12. The fourth-order valence-corrected chi connectivity index (χ4v) is 3.65.